The van der Waals surface area contributed by atoms with Crippen LogP contribution in [-0.4, -0.2) is 49.7 Å². The van der Waals surface area contributed by atoms with Gasteiger partial charge < -0.3 is 25.5 Å². The molecule has 3 aliphatic carbocycles. The summed E-state index contributed by atoms with van der Waals surface area (Å²) in [5.74, 6) is -0.356. The first-order valence-electron chi connectivity index (χ1n) is 10.3. The second-order valence-electron chi connectivity index (χ2n) is 8.89. The molecule has 3 aliphatic rings. The molecule has 7 heteroatoms. The molecule has 0 heterocycles. The Kier molecular flexibility index (Phi) is 6.19. The van der Waals surface area contributed by atoms with Gasteiger partial charge in [-0.05, 0) is 85.0 Å². The molecule has 6 atom stereocenters. The minimum absolute atomic E-state index is 0.0883. The highest BCUT2D eigenvalue weighted by molar-refractivity contribution is 5.79. The summed E-state index contributed by atoms with van der Waals surface area (Å²) in [6.45, 7) is 2.32. The average molecular weight is 406 g/mol. The lowest BCUT2D eigenvalue weighted by atomic mass is 9.55. The molecule has 1 unspecified atom stereocenters. The van der Waals surface area contributed by atoms with E-state index in [4.69, 9.17) is 15.3 Å². The fourth-order valence-electron chi connectivity index (χ4n) is 5.79. The molecule has 2 saturated carbocycles. The smallest absolute Gasteiger partial charge is 0.333 e. The third-order valence-corrected chi connectivity index (χ3v) is 7.31. The number of aryl methyl sites for hydroxylation is 1. The first-order valence-corrected chi connectivity index (χ1v) is 10.3. The molecule has 7 nitrogen and oxygen atoms in total. The van der Waals surface area contributed by atoms with E-state index in [1.807, 2.05) is 12.1 Å². The number of hydrogen-bond acceptors (Lipinski definition) is 5. The number of rotatable bonds is 3. The van der Waals surface area contributed by atoms with Gasteiger partial charge in [0, 0.05) is 0 Å². The maximum absolute atomic E-state index is 10.4. The lowest BCUT2D eigenvalue weighted by Crippen LogP contribution is -2.43. The van der Waals surface area contributed by atoms with Crippen LogP contribution in [0, 0.1) is 17.3 Å². The van der Waals surface area contributed by atoms with Crippen LogP contribution in [0.3, 0.4) is 0 Å². The molecule has 0 bridgehead atoms. The van der Waals surface area contributed by atoms with E-state index in [9.17, 15) is 19.8 Å². The first kappa shape index (κ1) is 21.6. The predicted octanol–water partition coefficient (Wildman–Crippen LogP) is 2.52. The van der Waals surface area contributed by atoms with Gasteiger partial charge in [0.05, 0.1) is 12.5 Å². The van der Waals surface area contributed by atoms with Gasteiger partial charge in [0.1, 0.15) is 5.75 Å². The van der Waals surface area contributed by atoms with E-state index in [1.54, 1.807) is 0 Å². The zero-order valence-electron chi connectivity index (χ0n) is 16.6. The molecular weight excluding hydrogens is 376 g/mol. The van der Waals surface area contributed by atoms with E-state index in [0.717, 1.165) is 25.2 Å². The number of aliphatic hydroxyl groups excluding tert-OH is 2. The van der Waals surface area contributed by atoms with Crippen molar-refractivity contribution in [2.45, 2.75) is 70.0 Å². The van der Waals surface area contributed by atoms with Crippen molar-refractivity contribution in [2.24, 2.45) is 17.3 Å². The zero-order chi connectivity index (χ0) is 21.3. The van der Waals surface area contributed by atoms with Gasteiger partial charge in [-0.15, -0.1) is 0 Å². The van der Waals surface area contributed by atoms with Crippen LogP contribution < -0.4 is 0 Å². The third kappa shape index (κ3) is 4.26. The van der Waals surface area contributed by atoms with Crippen LogP contribution >= 0.6 is 0 Å². The number of benzene rings is 1. The van der Waals surface area contributed by atoms with Crippen molar-refractivity contribution in [2.75, 3.05) is 0 Å². The standard InChI is InChI=1S/C18H24O2.C4H6O5/c1-18-9-8-14-13-5-3-12(19)10-11(13)2-4-15(14)16(18)6-7-17(18)20;5-2(4(8)9)1-3(6)7/h3,5,10,14-17,19-20H,2,4,6-9H2,1H3;2,5H,1H2,(H,6,7)(H,8,9)/t14-,15-,16+,17+,18+;/m1./s1. The molecule has 0 aromatic heterocycles. The van der Waals surface area contributed by atoms with Crippen LogP contribution in [0.5, 0.6) is 5.75 Å². The second kappa shape index (κ2) is 8.32. The van der Waals surface area contributed by atoms with Crippen LogP contribution in [0.15, 0.2) is 18.2 Å². The van der Waals surface area contributed by atoms with Crippen molar-refractivity contribution in [1.82, 2.24) is 0 Å². The number of carbonyl (C=O) groups is 2. The van der Waals surface area contributed by atoms with Crippen LogP contribution in [0.4, 0.5) is 0 Å². The van der Waals surface area contributed by atoms with Crippen molar-refractivity contribution in [3.05, 3.63) is 29.3 Å². The molecular formula is C22H30O7. The second-order valence-corrected chi connectivity index (χ2v) is 8.89. The van der Waals surface area contributed by atoms with Crippen LogP contribution in [0.25, 0.3) is 0 Å². The lowest BCUT2D eigenvalue weighted by Gasteiger charge is -2.50. The summed E-state index contributed by atoms with van der Waals surface area (Å²) in [5.41, 5.74) is 2.99. The van der Waals surface area contributed by atoms with Crippen molar-refractivity contribution in [1.29, 1.82) is 0 Å². The molecule has 0 radical (unpaired) electrons. The minimum Gasteiger partial charge on any atom is -0.508 e. The Morgan fingerprint density at radius 3 is 2.52 bits per heavy atom. The molecule has 160 valence electrons. The average Bonchev–Trinajstić information content (AvgIpc) is 2.96. The van der Waals surface area contributed by atoms with Gasteiger partial charge in [-0.25, -0.2) is 4.79 Å². The number of phenolic OH excluding ortho intramolecular Hbond substituents is 1. The highest BCUT2D eigenvalue weighted by atomic mass is 16.4. The molecule has 0 spiro atoms. The highest BCUT2D eigenvalue weighted by Crippen LogP contribution is 2.60. The molecule has 4 rings (SSSR count). The number of phenols is 1. The molecule has 0 amide bonds. The van der Waals surface area contributed by atoms with E-state index >= 15 is 0 Å². The summed E-state index contributed by atoms with van der Waals surface area (Å²) >= 11 is 0. The summed E-state index contributed by atoms with van der Waals surface area (Å²) in [5, 5.41) is 44.2. The third-order valence-electron chi connectivity index (χ3n) is 7.31. The number of aromatic hydroxyl groups is 1. The van der Waals surface area contributed by atoms with Gasteiger partial charge in [-0.3, -0.25) is 4.79 Å². The molecule has 0 saturated heterocycles. The Hall–Kier alpha value is -2.12. The van der Waals surface area contributed by atoms with Crippen LogP contribution in [-0.2, 0) is 16.0 Å². The summed E-state index contributed by atoms with van der Waals surface area (Å²) in [4.78, 5) is 19.4. The van der Waals surface area contributed by atoms with Gasteiger partial charge >= 0.3 is 11.9 Å². The summed E-state index contributed by atoms with van der Waals surface area (Å²) in [6, 6.07) is 5.96. The van der Waals surface area contributed by atoms with Gasteiger partial charge in [0.25, 0.3) is 0 Å². The number of aliphatic hydroxyl groups is 2. The van der Waals surface area contributed by atoms with Gasteiger partial charge in [-0.2, -0.15) is 0 Å². The Morgan fingerprint density at radius 2 is 1.90 bits per heavy atom. The fraction of sp³-hybridized carbons (Fsp3) is 0.636. The molecule has 2 fully saturated rings. The summed E-state index contributed by atoms with van der Waals surface area (Å²) < 4.78 is 0. The first-order chi connectivity index (χ1) is 13.6. The molecule has 0 aliphatic heterocycles. The predicted molar refractivity (Wildman–Crippen MR) is 105 cm³/mol. The van der Waals surface area contributed by atoms with Crippen molar-refractivity contribution >= 4 is 11.9 Å². The Morgan fingerprint density at radius 1 is 1.17 bits per heavy atom. The Bertz CT molecular complexity index is 776. The number of hydrogen-bond donors (Lipinski definition) is 5. The van der Waals surface area contributed by atoms with E-state index < -0.39 is 24.5 Å². The monoisotopic (exact) mass is 406 g/mol. The molecule has 1 aromatic carbocycles. The summed E-state index contributed by atoms with van der Waals surface area (Å²) in [7, 11) is 0. The normalized spacial score (nSPS) is 33.3. The molecule has 5 N–H and O–H groups in total. The number of carboxylic acids is 2. The SMILES string of the molecule is C[C@]12CC[C@@H]3c4ccc(O)cc4CC[C@H]3[C@@H]1CC[C@@H]2O.O=C(O)CC(O)C(=O)O. The highest BCUT2D eigenvalue weighted by Gasteiger charge is 2.54. The lowest BCUT2D eigenvalue weighted by molar-refractivity contribution is -0.152. The number of carboxylic acid groups (broad SMARTS) is 2. The van der Waals surface area contributed by atoms with Crippen LogP contribution in [0.1, 0.15) is 62.5 Å². The minimum atomic E-state index is -1.79. The van der Waals surface area contributed by atoms with Crippen LogP contribution in [0.2, 0.25) is 0 Å². The van der Waals surface area contributed by atoms with E-state index in [0.29, 0.717) is 17.6 Å². The van der Waals surface area contributed by atoms with Gasteiger partial charge in [0.2, 0.25) is 0 Å². The molecule has 1 aromatic rings. The van der Waals surface area contributed by atoms with E-state index in [1.165, 1.54) is 30.4 Å². The summed E-state index contributed by atoms with van der Waals surface area (Å²) in [6.07, 6.45) is 4.24. The van der Waals surface area contributed by atoms with Gasteiger partial charge in [-0.1, -0.05) is 13.0 Å². The number of aliphatic carboxylic acids is 2. The Balaban J connectivity index is 0.000000229. The maximum atomic E-state index is 10.4. The van der Waals surface area contributed by atoms with E-state index in [2.05, 4.69) is 13.0 Å². The largest absolute Gasteiger partial charge is 0.508 e. The van der Waals surface area contributed by atoms with Crippen molar-refractivity contribution in [3.63, 3.8) is 0 Å². The molecule has 29 heavy (non-hydrogen) atoms. The zero-order valence-corrected chi connectivity index (χ0v) is 16.6. The topological polar surface area (TPSA) is 135 Å². The van der Waals surface area contributed by atoms with Gasteiger partial charge in [0.15, 0.2) is 6.10 Å². The van der Waals surface area contributed by atoms with Crippen molar-refractivity contribution < 1.29 is 35.1 Å². The maximum Gasteiger partial charge on any atom is 0.333 e. The van der Waals surface area contributed by atoms with E-state index in [-0.39, 0.29) is 11.5 Å². The van der Waals surface area contributed by atoms with Crippen molar-refractivity contribution in [3.8, 4) is 5.75 Å². The Labute approximate surface area is 170 Å². The quantitative estimate of drug-likeness (QED) is 0.520. The number of fused-ring (bicyclic) bond motifs is 5. The fourth-order valence-corrected chi connectivity index (χ4v) is 5.79.